The number of nitrogens with zero attached hydrogens (tertiary/aromatic N) is 2. The highest BCUT2D eigenvalue weighted by Gasteiger charge is 2.69. The number of hydrogen-bond donors (Lipinski definition) is 3. The van der Waals surface area contributed by atoms with Gasteiger partial charge in [0.1, 0.15) is 17.5 Å². The number of aliphatic hydroxyl groups is 2. The molecule has 0 amide bonds. The molecule has 2 aromatic rings. The van der Waals surface area contributed by atoms with Crippen LogP contribution in [0, 0.1) is 23.7 Å². The zero-order valence-electron chi connectivity index (χ0n) is 23.0. The third-order valence-electron chi connectivity index (χ3n) is 9.49. The van der Waals surface area contributed by atoms with Crippen molar-refractivity contribution in [3.05, 3.63) is 47.5 Å². The average molecular weight is 551 g/mol. The molecule has 10 heteroatoms. The minimum Gasteiger partial charge on any atom is -0.507 e. The molecule has 1 aromatic heterocycles. The number of aryl methyl sites for hydroxylation is 1. The Morgan fingerprint density at radius 1 is 1.18 bits per heavy atom. The van der Waals surface area contributed by atoms with Gasteiger partial charge >= 0.3 is 0 Å². The smallest absolute Gasteiger partial charge is 0.190 e. The number of aliphatic hydroxyl groups excluding tert-OH is 1. The molecule has 0 spiro atoms. The molecule has 1 heterocycles. The highest BCUT2D eigenvalue weighted by atomic mass is 16.3. The van der Waals surface area contributed by atoms with Gasteiger partial charge in [0.05, 0.1) is 23.9 Å². The van der Waals surface area contributed by atoms with Gasteiger partial charge in [0, 0.05) is 42.8 Å². The van der Waals surface area contributed by atoms with Gasteiger partial charge in [-0.15, -0.1) is 0 Å². The van der Waals surface area contributed by atoms with Crippen LogP contribution in [0.15, 0.2) is 30.9 Å². The summed E-state index contributed by atoms with van der Waals surface area (Å²) in [7, 11) is 0. The van der Waals surface area contributed by atoms with E-state index < -0.39 is 82.0 Å². The van der Waals surface area contributed by atoms with E-state index in [9.17, 15) is 39.3 Å². The van der Waals surface area contributed by atoms with E-state index in [1.165, 1.54) is 0 Å². The summed E-state index contributed by atoms with van der Waals surface area (Å²) >= 11 is 0. The number of carbonyl (C=O) groups is 5. The summed E-state index contributed by atoms with van der Waals surface area (Å²) in [5, 5.41) is 34.3. The Bertz CT molecular complexity index is 1430. The summed E-state index contributed by atoms with van der Waals surface area (Å²) in [4.78, 5) is 69.8. The molecule has 40 heavy (non-hydrogen) atoms. The van der Waals surface area contributed by atoms with E-state index >= 15 is 0 Å². The van der Waals surface area contributed by atoms with Crippen LogP contribution in [0.3, 0.4) is 0 Å². The van der Waals surface area contributed by atoms with Crippen molar-refractivity contribution < 1.29 is 39.3 Å². The fourth-order valence-electron chi connectivity index (χ4n) is 7.28. The molecule has 0 aliphatic heterocycles. The van der Waals surface area contributed by atoms with Crippen LogP contribution in [0.1, 0.15) is 74.4 Å². The van der Waals surface area contributed by atoms with Gasteiger partial charge in [0.15, 0.2) is 28.7 Å². The van der Waals surface area contributed by atoms with Crippen molar-refractivity contribution in [3.8, 4) is 5.75 Å². The first-order valence-electron chi connectivity index (χ1n) is 13.6. The number of Topliss-reactive ketones (excluding diaryl/α,β-unsaturated/α-hetero) is 5. The number of aromatic nitrogens is 2. The zero-order chi connectivity index (χ0) is 29.3. The van der Waals surface area contributed by atoms with Crippen molar-refractivity contribution >= 4 is 28.9 Å². The Morgan fingerprint density at radius 2 is 1.88 bits per heavy atom. The Kier molecular flexibility index (Phi) is 6.70. The third-order valence-corrected chi connectivity index (χ3v) is 9.49. The summed E-state index contributed by atoms with van der Waals surface area (Å²) in [6.45, 7) is 7.36. The molecule has 7 atom stereocenters. The Morgan fingerprint density at radius 3 is 2.50 bits per heavy atom. The summed E-state index contributed by atoms with van der Waals surface area (Å²) in [6.07, 6.45) is 4.64. The van der Waals surface area contributed by atoms with Gasteiger partial charge in [0.25, 0.3) is 0 Å². The van der Waals surface area contributed by atoms with E-state index in [1.807, 2.05) is 24.6 Å². The maximum atomic E-state index is 14.0. The second-order valence-corrected chi connectivity index (χ2v) is 12.2. The zero-order valence-corrected chi connectivity index (χ0v) is 23.0. The van der Waals surface area contributed by atoms with E-state index in [-0.39, 0.29) is 11.3 Å². The van der Waals surface area contributed by atoms with E-state index in [0.29, 0.717) is 17.5 Å². The topological polar surface area (TPSA) is 164 Å². The van der Waals surface area contributed by atoms with Crippen LogP contribution in [0.25, 0.3) is 0 Å². The lowest BCUT2D eigenvalue weighted by molar-refractivity contribution is -0.189. The average Bonchev–Trinajstić information content (AvgIpc) is 3.39. The van der Waals surface area contributed by atoms with Crippen LogP contribution < -0.4 is 0 Å². The predicted molar refractivity (Wildman–Crippen MR) is 141 cm³/mol. The standard InChI is InChI=1S/C30H34N2O8/c1-14-16-6-7-17(29(3,4)8-5-10-32-11-9-31-13-32)24(35)22(16)26(37)23-20(14)25(36)18-12-19(34)21(15(2)33)27(38)30(18,40)28(23)39/h6-7,9,11,13-14,18,20-21,23,25,35-36,40H,5,8,10,12H2,1-4H3. The molecule has 3 aliphatic rings. The fourth-order valence-corrected chi connectivity index (χ4v) is 7.28. The fraction of sp³-hybridized carbons (Fsp3) is 0.533. The first-order valence-corrected chi connectivity index (χ1v) is 13.6. The highest BCUT2D eigenvalue weighted by Crippen LogP contribution is 2.54. The minimum absolute atomic E-state index is 0.0565. The monoisotopic (exact) mass is 550 g/mol. The predicted octanol–water partition coefficient (Wildman–Crippen LogP) is 1.92. The van der Waals surface area contributed by atoms with Crippen molar-refractivity contribution in [2.45, 2.75) is 76.5 Å². The normalized spacial score (nSPS) is 31.9. The Hall–Kier alpha value is -3.50. The SMILES string of the molecule is CC(=O)C1C(=O)CC2C(O)C3C(C(=O)c4c(ccc(C(C)(C)CCCn5ccnc5)c4O)C3C)C(=O)C2(O)C1=O. The van der Waals surface area contributed by atoms with Crippen LogP contribution in [-0.2, 0) is 31.1 Å². The first kappa shape index (κ1) is 28.0. The van der Waals surface area contributed by atoms with Gasteiger partial charge in [0.2, 0.25) is 0 Å². The summed E-state index contributed by atoms with van der Waals surface area (Å²) < 4.78 is 1.95. The lowest BCUT2D eigenvalue weighted by Gasteiger charge is -2.53. The number of fused-ring (bicyclic) bond motifs is 3. The van der Waals surface area contributed by atoms with Crippen molar-refractivity contribution in [3.63, 3.8) is 0 Å². The number of phenols is 1. The minimum atomic E-state index is -2.85. The second-order valence-electron chi connectivity index (χ2n) is 12.2. The number of imidazole rings is 1. The van der Waals surface area contributed by atoms with Crippen molar-refractivity contribution in [1.29, 1.82) is 0 Å². The van der Waals surface area contributed by atoms with Gasteiger partial charge in [-0.1, -0.05) is 32.9 Å². The van der Waals surface area contributed by atoms with Crippen LogP contribution >= 0.6 is 0 Å². The number of phenolic OH excluding ortho intramolecular Hbond substituents is 1. The highest BCUT2D eigenvalue weighted by molar-refractivity contribution is 6.31. The molecule has 0 saturated heterocycles. The van der Waals surface area contributed by atoms with Crippen molar-refractivity contribution in [2.24, 2.45) is 23.7 Å². The van der Waals surface area contributed by atoms with Gasteiger partial charge in [-0.3, -0.25) is 24.0 Å². The van der Waals surface area contributed by atoms with E-state index in [0.717, 1.165) is 19.9 Å². The van der Waals surface area contributed by atoms with Gasteiger partial charge in [-0.2, -0.15) is 0 Å². The number of benzene rings is 1. The van der Waals surface area contributed by atoms with Gasteiger partial charge < -0.3 is 19.9 Å². The number of rotatable bonds is 6. The van der Waals surface area contributed by atoms with Gasteiger partial charge in [-0.05, 0) is 36.7 Å². The van der Waals surface area contributed by atoms with Crippen LogP contribution in [0.2, 0.25) is 0 Å². The van der Waals surface area contributed by atoms with Crippen LogP contribution in [0.5, 0.6) is 5.75 Å². The maximum Gasteiger partial charge on any atom is 0.190 e. The Balaban J connectivity index is 1.53. The number of hydrogen-bond acceptors (Lipinski definition) is 9. The van der Waals surface area contributed by atoms with Gasteiger partial charge in [-0.25, -0.2) is 4.98 Å². The second kappa shape index (κ2) is 9.55. The molecule has 7 unspecified atom stereocenters. The lowest BCUT2D eigenvalue weighted by Crippen LogP contribution is -2.72. The first-order chi connectivity index (χ1) is 18.7. The Labute approximate surface area is 231 Å². The molecule has 2 saturated carbocycles. The molecule has 1 aromatic carbocycles. The van der Waals surface area contributed by atoms with Crippen LogP contribution in [-0.4, -0.2) is 65.5 Å². The number of ketones is 5. The molecule has 212 valence electrons. The lowest BCUT2D eigenvalue weighted by atomic mass is 9.50. The van der Waals surface area contributed by atoms with Crippen molar-refractivity contribution in [1.82, 2.24) is 9.55 Å². The molecular weight excluding hydrogens is 516 g/mol. The van der Waals surface area contributed by atoms with E-state index in [1.54, 1.807) is 31.6 Å². The molecule has 3 aliphatic carbocycles. The largest absolute Gasteiger partial charge is 0.507 e. The summed E-state index contributed by atoms with van der Waals surface area (Å²) in [6, 6.07) is 3.48. The van der Waals surface area contributed by atoms with E-state index in [2.05, 4.69) is 4.98 Å². The van der Waals surface area contributed by atoms with Crippen molar-refractivity contribution in [2.75, 3.05) is 0 Å². The number of aromatic hydroxyl groups is 1. The summed E-state index contributed by atoms with van der Waals surface area (Å²) in [5.74, 6) is -11.5. The quantitative estimate of drug-likeness (QED) is 0.456. The van der Waals surface area contributed by atoms with Crippen LogP contribution in [0.4, 0.5) is 0 Å². The molecule has 0 bridgehead atoms. The molecule has 3 N–H and O–H groups in total. The number of carbonyl (C=O) groups excluding carboxylic acids is 5. The van der Waals surface area contributed by atoms with E-state index in [4.69, 9.17) is 0 Å². The molecular formula is C30H34N2O8. The molecule has 10 nitrogen and oxygen atoms in total. The molecule has 5 rings (SSSR count). The molecule has 0 radical (unpaired) electrons. The third kappa shape index (κ3) is 3.91. The maximum absolute atomic E-state index is 14.0. The molecule has 2 fully saturated rings. The summed E-state index contributed by atoms with van der Waals surface area (Å²) in [5.41, 5.74) is -2.48.